The SMILES string of the molecule is CCC1(CNC(C)CCc2ccccc2)CC1. The van der Waals surface area contributed by atoms with Gasteiger partial charge in [0.25, 0.3) is 0 Å². The predicted molar refractivity (Wildman–Crippen MR) is 74.2 cm³/mol. The highest BCUT2D eigenvalue weighted by atomic mass is 14.9. The molecule has 0 heterocycles. The van der Waals surface area contributed by atoms with Crippen LogP contribution in [0, 0.1) is 5.41 Å². The number of aryl methyl sites for hydroxylation is 1. The fraction of sp³-hybridized carbons (Fsp3) is 0.625. The van der Waals surface area contributed by atoms with Crippen LogP contribution in [0.2, 0.25) is 0 Å². The maximum Gasteiger partial charge on any atom is 0.00421 e. The molecule has 1 unspecified atom stereocenters. The molecule has 0 bridgehead atoms. The van der Waals surface area contributed by atoms with Gasteiger partial charge in [-0.2, -0.15) is 0 Å². The van der Waals surface area contributed by atoms with Crippen LogP contribution in [0.15, 0.2) is 30.3 Å². The third-order valence-corrected chi connectivity index (χ3v) is 4.24. The Kier molecular flexibility index (Phi) is 4.22. The van der Waals surface area contributed by atoms with E-state index in [1.165, 1.54) is 44.2 Å². The van der Waals surface area contributed by atoms with E-state index in [4.69, 9.17) is 0 Å². The van der Waals surface area contributed by atoms with Gasteiger partial charge in [0.2, 0.25) is 0 Å². The molecule has 0 aromatic heterocycles. The van der Waals surface area contributed by atoms with Gasteiger partial charge in [0.15, 0.2) is 0 Å². The largest absolute Gasteiger partial charge is 0.314 e. The average Bonchev–Trinajstić information content (AvgIpc) is 3.16. The van der Waals surface area contributed by atoms with Crippen molar-refractivity contribution in [1.82, 2.24) is 5.32 Å². The molecule has 0 spiro atoms. The maximum atomic E-state index is 3.71. The summed E-state index contributed by atoms with van der Waals surface area (Å²) in [5.41, 5.74) is 2.12. The lowest BCUT2D eigenvalue weighted by Crippen LogP contribution is -2.32. The Bertz CT molecular complexity index is 327. The van der Waals surface area contributed by atoms with Crippen LogP contribution < -0.4 is 5.32 Å². The van der Waals surface area contributed by atoms with Gasteiger partial charge in [-0.3, -0.25) is 0 Å². The first-order chi connectivity index (χ1) is 8.24. The summed E-state index contributed by atoms with van der Waals surface area (Å²) >= 11 is 0. The molecule has 1 N–H and O–H groups in total. The first kappa shape index (κ1) is 12.6. The van der Waals surface area contributed by atoms with Crippen molar-refractivity contribution in [3.63, 3.8) is 0 Å². The lowest BCUT2D eigenvalue weighted by Gasteiger charge is -2.18. The van der Waals surface area contributed by atoms with Gasteiger partial charge >= 0.3 is 0 Å². The van der Waals surface area contributed by atoms with E-state index in [1.807, 2.05) is 0 Å². The van der Waals surface area contributed by atoms with E-state index in [-0.39, 0.29) is 0 Å². The van der Waals surface area contributed by atoms with Crippen LogP contribution >= 0.6 is 0 Å². The Hall–Kier alpha value is -0.820. The standard InChI is InChI=1S/C16H25N/c1-3-16(11-12-16)13-17-14(2)9-10-15-7-5-4-6-8-15/h4-8,14,17H,3,9-13H2,1-2H3. The Morgan fingerprint density at radius 2 is 1.94 bits per heavy atom. The molecule has 0 radical (unpaired) electrons. The summed E-state index contributed by atoms with van der Waals surface area (Å²) < 4.78 is 0. The zero-order valence-corrected chi connectivity index (χ0v) is 11.2. The second kappa shape index (κ2) is 5.68. The third kappa shape index (κ3) is 3.85. The molecule has 0 aliphatic heterocycles. The smallest absolute Gasteiger partial charge is 0.00421 e. The molecule has 0 saturated heterocycles. The van der Waals surface area contributed by atoms with E-state index in [0.717, 1.165) is 0 Å². The number of hydrogen-bond donors (Lipinski definition) is 1. The molecule has 1 aromatic carbocycles. The zero-order valence-electron chi connectivity index (χ0n) is 11.2. The van der Waals surface area contributed by atoms with Crippen molar-refractivity contribution in [2.75, 3.05) is 6.54 Å². The van der Waals surface area contributed by atoms with Gasteiger partial charge in [0.05, 0.1) is 0 Å². The van der Waals surface area contributed by atoms with E-state index in [9.17, 15) is 0 Å². The molecule has 1 fully saturated rings. The molecular weight excluding hydrogens is 206 g/mol. The highest BCUT2D eigenvalue weighted by molar-refractivity contribution is 5.14. The third-order valence-electron chi connectivity index (χ3n) is 4.24. The summed E-state index contributed by atoms with van der Waals surface area (Å²) in [5.74, 6) is 0. The van der Waals surface area contributed by atoms with E-state index in [0.29, 0.717) is 11.5 Å². The van der Waals surface area contributed by atoms with Gasteiger partial charge in [-0.05, 0) is 50.0 Å². The molecule has 1 aliphatic rings. The van der Waals surface area contributed by atoms with Crippen molar-refractivity contribution in [3.05, 3.63) is 35.9 Å². The number of benzene rings is 1. The molecule has 1 nitrogen and oxygen atoms in total. The minimum absolute atomic E-state index is 0.638. The zero-order chi connectivity index (χ0) is 12.1. The van der Waals surface area contributed by atoms with Gasteiger partial charge in [-0.1, -0.05) is 37.3 Å². The topological polar surface area (TPSA) is 12.0 Å². The van der Waals surface area contributed by atoms with Crippen LogP contribution in [0.3, 0.4) is 0 Å². The minimum Gasteiger partial charge on any atom is -0.314 e. The number of hydrogen-bond acceptors (Lipinski definition) is 1. The summed E-state index contributed by atoms with van der Waals surface area (Å²) in [5, 5.41) is 3.71. The lowest BCUT2D eigenvalue weighted by atomic mass is 10.0. The fourth-order valence-electron chi connectivity index (χ4n) is 2.35. The van der Waals surface area contributed by atoms with Crippen molar-refractivity contribution < 1.29 is 0 Å². The van der Waals surface area contributed by atoms with Crippen molar-refractivity contribution in [2.45, 2.75) is 52.0 Å². The van der Waals surface area contributed by atoms with Crippen LogP contribution in [0.1, 0.15) is 45.1 Å². The number of nitrogens with one attached hydrogen (secondary N) is 1. The summed E-state index contributed by atoms with van der Waals surface area (Å²) in [6.07, 6.45) is 6.63. The van der Waals surface area contributed by atoms with Gasteiger partial charge in [0.1, 0.15) is 0 Å². The van der Waals surface area contributed by atoms with E-state index >= 15 is 0 Å². The van der Waals surface area contributed by atoms with Crippen LogP contribution in [0.4, 0.5) is 0 Å². The Balaban J connectivity index is 1.66. The van der Waals surface area contributed by atoms with Crippen molar-refractivity contribution in [3.8, 4) is 0 Å². The highest BCUT2D eigenvalue weighted by Crippen LogP contribution is 2.47. The monoisotopic (exact) mass is 231 g/mol. The second-order valence-electron chi connectivity index (χ2n) is 5.66. The fourth-order valence-corrected chi connectivity index (χ4v) is 2.35. The molecule has 94 valence electrons. The van der Waals surface area contributed by atoms with Gasteiger partial charge in [-0.25, -0.2) is 0 Å². The quantitative estimate of drug-likeness (QED) is 0.753. The van der Waals surface area contributed by atoms with Gasteiger partial charge in [0, 0.05) is 12.6 Å². The summed E-state index contributed by atoms with van der Waals surface area (Å²) in [4.78, 5) is 0. The number of rotatable bonds is 7. The first-order valence-corrected chi connectivity index (χ1v) is 7.01. The first-order valence-electron chi connectivity index (χ1n) is 7.01. The van der Waals surface area contributed by atoms with Crippen molar-refractivity contribution >= 4 is 0 Å². The van der Waals surface area contributed by atoms with Crippen LogP contribution in [0.5, 0.6) is 0 Å². The van der Waals surface area contributed by atoms with Crippen molar-refractivity contribution in [1.29, 1.82) is 0 Å². The molecule has 1 aliphatic carbocycles. The Labute approximate surface area is 106 Å². The molecule has 17 heavy (non-hydrogen) atoms. The minimum atomic E-state index is 0.638. The van der Waals surface area contributed by atoms with Gasteiger partial charge < -0.3 is 5.32 Å². The molecule has 1 aromatic rings. The molecule has 0 amide bonds. The van der Waals surface area contributed by atoms with Crippen LogP contribution in [-0.2, 0) is 6.42 Å². The average molecular weight is 231 g/mol. The molecule has 1 atom stereocenters. The molecule has 1 heteroatoms. The Morgan fingerprint density at radius 1 is 1.24 bits per heavy atom. The Morgan fingerprint density at radius 3 is 2.53 bits per heavy atom. The molecular formula is C16H25N. The highest BCUT2D eigenvalue weighted by Gasteiger charge is 2.40. The van der Waals surface area contributed by atoms with E-state index < -0.39 is 0 Å². The van der Waals surface area contributed by atoms with Crippen LogP contribution in [-0.4, -0.2) is 12.6 Å². The summed E-state index contributed by atoms with van der Waals surface area (Å²) in [6.45, 7) is 5.86. The predicted octanol–water partition coefficient (Wildman–Crippen LogP) is 3.79. The second-order valence-corrected chi connectivity index (χ2v) is 5.66. The lowest BCUT2D eigenvalue weighted by molar-refractivity contribution is 0.400. The molecule has 2 rings (SSSR count). The maximum absolute atomic E-state index is 3.71. The van der Waals surface area contributed by atoms with Crippen molar-refractivity contribution in [2.24, 2.45) is 5.41 Å². The summed E-state index contributed by atoms with van der Waals surface area (Å²) in [7, 11) is 0. The van der Waals surface area contributed by atoms with Crippen LogP contribution in [0.25, 0.3) is 0 Å². The van der Waals surface area contributed by atoms with E-state index in [1.54, 1.807) is 0 Å². The van der Waals surface area contributed by atoms with Gasteiger partial charge in [-0.15, -0.1) is 0 Å². The summed E-state index contributed by atoms with van der Waals surface area (Å²) in [6, 6.07) is 11.4. The normalized spacial score (nSPS) is 18.9. The van der Waals surface area contributed by atoms with E-state index in [2.05, 4.69) is 49.5 Å². The molecule has 1 saturated carbocycles.